The topological polar surface area (TPSA) is 105 Å². The molecule has 0 aromatic heterocycles. The van der Waals surface area contributed by atoms with E-state index in [1.54, 1.807) is 0 Å². The van der Waals surface area contributed by atoms with Crippen LogP contribution in [-0.2, 0) is 23.1 Å². The first-order valence-electron chi connectivity index (χ1n) is 8.80. The highest BCUT2D eigenvalue weighted by Crippen LogP contribution is 2.39. The number of hydrogen-bond acceptors (Lipinski definition) is 7. The lowest BCUT2D eigenvalue weighted by Gasteiger charge is -2.29. The van der Waals surface area contributed by atoms with Gasteiger partial charge in [0.15, 0.2) is 0 Å². The fraction of sp³-hybridized carbons (Fsp3) is 0.938. The number of nitrogens with zero attached hydrogens (tertiary/aromatic N) is 1. The average molecular weight is 383 g/mol. The number of esters is 1. The molecule has 1 N–H and O–H groups in total. The predicted octanol–water partition coefficient (Wildman–Crippen LogP) is 1.46. The monoisotopic (exact) mass is 383 g/mol. The van der Waals surface area contributed by atoms with E-state index in [0.717, 1.165) is 32.1 Å². The number of aliphatic hydroxyl groups is 1. The van der Waals surface area contributed by atoms with Crippen molar-refractivity contribution in [2.75, 3.05) is 47.5 Å². The molecule has 2 atom stereocenters. The van der Waals surface area contributed by atoms with Gasteiger partial charge in [-0.1, -0.05) is 32.6 Å². The lowest BCUT2D eigenvalue weighted by molar-refractivity contribution is -0.870. The minimum atomic E-state index is -4.56. The Kier molecular flexibility index (Phi) is 12.5. The van der Waals surface area contributed by atoms with E-state index in [9.17, 15) is 19.4 Å². The van der Waals surface area contributed by atoms with Crippen LogP contribution in [0.15, 0.2) is 0 Å². The third-order valence-corrected chi connectivity index (χ3v) is 4.46. The van der Waals surface area contributed by atoms with Crippen molar-refractivity contribution in [3.05, 3.63) is 0 Å². The first-order chi connectivity index (χ1) is 11.6. The van der Waals surface area contributed by atoms with Gasteiger partial charge in [0.25, 0.3) is 7.82 Å². The van der Waals surface area contributed by atoms with Gasteiger partial charge in [0, 0.05) is 6.42 Å². The number of phosphoric ester groups is 1. The summed E-state index contributed by atoms with van der Waals surface area (Å²) in [6.45, 7) is 1.65. The summed E-state index contributed by atoms with van der Waals surface area (Å²) in [6.07, 6.45) is 4.16. The van der Waals surface area contributed by atoms with Crippen molar-refractivity contribution in [1.29, 1.82) is 0 Å². The fourth-order valence-electron chi connectivity index (χ4n) is 1.89. The van der Waals surface area contributed by atoms with Crippen LogP contribution in [0.2, 0.25) is 0 Å². The highest BCUT2D eigenvalue weighted by Gasteiger charge is 2.20. The molecule has 25 heavy (non-hydrogen) atoms. The smallest absolute Gasteiger partial charge is 0.305 e. The highest BCUT2D eigenvalue weighted by atomic mass is 31.2. The number of phosphoric acid groups is 1. The maximum atomic E-state index is 11.7. The van der Waals surface area contributed by atoms with Crippen molar-refractivity contribution in [2.45, 2.75) is 51.6 Å². The molecule has 0 radical (unpaired) electrons. The van der Waals surface area contributed by atoms with E-state index in [2.05, 4.69) is 6.92 Å². The minimum absolute atomic E-state index is 0.0278. The molecule has 1 unspecified atom stereocenters. The van der Waals surface area contributed by atoms with E-state index in [0.29, 0.717) is 11.0 Å². The van der Waals surface area contributed by atoms with Crippen molar-refractivity contribution in [1.82, 2.24) is 0 Å². The van der Waals surface area contributed by atoms with Crippen LogP contribution in [0.3, 0.4) is 0 Å². The zero-order chi connectivity index (χ0) is 19.3. The molecule has 9 heteroatoms. The average Bonchev–Trinajstić information content (AvgIpc) is 2.49. The van der Waals surface area contributed by atoms with Gasteiger partial charge in [-0.05, 0) is 6.42 Å². The number of quaternary nitrogens is 1. The van der Waals surface area contributed by atoms with Crippen molar-refractivity contribution in [3.63, 3.8) is 0 Å². The molecule has 0 saturated carbocycles. The second-order valence-electron chi connectivity index (χ2n) is 7.05. The zero-order valence-corrected chi connectivity index (χ0v) is 16.8. The Morgan fingerprint density at radius 3 is 2.40 bits per heavy atom. The van der Waals surface area contributed by atoms with Crippen molar-refractivity contribution in [2.24, 2.45) is 0 Å². The van der Waals surface area contributed by atoms with E-state index in [4.69, 9.17) is 13.8 Å². The number of carbonyl (C=O) groups excluding carboxylic acids is 1. The largest absolute Gasteiger partial charge is 0.756 e. The summed E-state index contributed by atoms with van der Waals surface area (Å²) in [5.41, 5.74) is 0. The maximum Gasteiger partial charge on any atom is 0.305 e. The van der Waals surface area contributed by atoms with Crippen LogP contribution in [0.5, 0.6) is 0 Å². The van der Waals surface area contributed by atoms with Gasteiger partial charge in [0.2, 0.25) is 0 Å². The number of carbonyl (C=O) groups is 1. The van der Waals surface area contributed by atoms with Crippen LogP contribution in [0, 0.1) is 0 Å². The Hall–Kier alpha value is -0.500. The predicted molar refractivity (Wildman–Crippen MR) is 92.8 cm³/mol. The molecular formula is C16H34NO7P. The molecule has 0 rings (SSSR count). The molecule has 0 aromatic carbocycles. The molecule has 0 aliphatic heterocycles. The third kappa shape index (κ3) is 15.5. The summed E-state index contributed by atoms with van der Waals surface area (Å²) in [5.74, 6) is -0.426. The number of aliphatic hydroxyl groups excluding tert-OH is 1. The molecule has 0 aromatic rings. The summed E-state index contributed by atoms with van der Waals surface area (Å²) in [6, 6.07) is 0. The normalized spacial score (nSPS) is 15.6. The molecular weight excluding hydrogens is 349 g/mol. The quantitative estimate of drug-likeness (QED) is 0.197. The molecule has 0 heterocycles. The SMILES string of the molecule is CCCCCCCC(=O)OC[C@H](CO)OP(=O)([O-])OCC[N+](C)(C)C. The highest BCUT2D eigenvalue weighted by molar-refractivity contribution is 7.45. The van der Waals surface area contributed by atoms with E-state index >= 15 is 0 Å². The van der Waals surface area contributed by atoms with Gasteiger partial charge >= 0.3 is 5.97 Å². The summed E-state index contributed by atoms with van der Waals surface area (Å²) in [4.78, 5) is 23.3. The Morgan fingerprint density at radius 1 is 1.20 bits per heavy atom. The summed E-state index contributed by atoms with van der Waals surface area (Å²) >= 11 is 0. The molecule has 0 fully saturated rings. The van der Waals surface area contributed by atoms with Gasteiger partial charge in [-0.2, -0.15) is 0 Å². The molecule has 0 saturated heterocycles. The Labute approximate surface area is 151 Å². The van der Waals surface area contributed by atoms with Gasteiger partial charge in [-0.25, -0.2) is 0 Å². The Bertz CT molecular complexity index is 412. The van der Waals surface area contributed by atoms with Gasteiger partial charge in [0.1, 0.15) is 25.9 Å². The van der Waals surface area contributed by atoms with Gasteiger partial charge < -0.3 is 28.3 Å². The van der Waals surface area contributed by atoms with Gasteiger partial charge in [0.05, 0.1) is 27.7 Å². The van der Waals surface area contributed by atoms with Crippen molar-refractivity contribution >= 4 is 13.8 Å². The third-order valence-electron chi connectivity index (χ3n) is 3.41. The molecule has 0 aliphatic carbocycles. The number of ether oxygens (including phenoxy) is 1. The van der Waals surface area contributed by atoms with E-state index < -0.39 is 26.5 Å². The van der Waals surface area contributed by atoms with Crippen molar-refractivity contribution in [3.8, 4) is 0 Å². The number of rotatable bonds is 15. The second-order valence-corrected chi connectivity index (χ2v) is 8.42. The summed E-state index contributed by atoms with van der Waals surface area (Å²) < 4.78 is 26.7. The van der Waals surface area contributed by atoms with E-state index in [1.807, 2.05) is 21.1 Å². The summed E-state index contributed by atoms with van der Waals surface area (Å²) in [7, 11) is 1.15. The fourth-order valence-corrected chi connectivity index (χ4v) is 2.75. The Morgan fingerprint density at radius 2 is 1.84 bits per heavy atom. The number of likely N-dealkylation sites (N-methyl/N-ethyl adjacent to an activating group) is 1. The van der Waals surface area contributed by atoms with E-state index in [-0.39, 0.29) is 19.6 Å². The molecule has 0 amide bonds. The number of hydrogen-bond donors (Lipinski definition) is 1. The maximum absolute atomic E-state index is 11.7. The van der Waals surface area contributed by atoms with Crippen LogP contribution in [0.4, 0.5) is 0 Å². The lowest BCUT2D eigenvalue weighted by Crippen LogP contribution is -2.38. The first-order valence-corrected chi connectivity index (χ1v) is 10.3. The van der Waals surface area contributed by atoms with Crippen LogP contribution in [-0.4, -0.2) is 69.2 Å². The minimum Gasteiger partial charge on any atom is -0.756 e. The standard InChI is InChI=1S/C16H34NO7P/c1-5-6-7-8-9-10-16(19)22-14-15(13-18)24-25(20,21)23-12-11-17(2,3)4/h15,18H,5-14H2,1-4H3/t15-/m0/s1. The first kappa shape index (κ1) is 24.5. The van der Waals surface area contributed by atoms with Crippen LogP contribution in [0.25, 0.3) is 0 Å². The van der Waals surface area contributed by atoms with Gasteiger partial charge in [-0.15, -0.1) is 0 Å². The molecule has 0 bridgehead atoms. The molecule has 150 valence electrons. The van der Waals surface area contributed by atoms with Crippen molar-refractivity contribution < 1.29 is 37.6 Å². The molecule has 0 aliphatic rings. The van der Waals surface area contributed by atoms with Crippen LogP contribution >= 0.6 is 7.82 Å². The zero-order valence-electron chi connectivity index (χ0n) is 15.9. The number of unbranched alkanes of at least 4 members (excludes halogenated alkanes) is 4. The lowest BCUT2D eigenvalue weighted by atomic mass is 10.1. The summed E-state index contributed by atoms with van der Waals surface area (Å²) in [5, 5.41) is 9.20. The van der Waals surface area contributed by atoms with Crippen LogP contribution in [0.1, 0.15) is 45.4 Å². The van der Waals surface area contributed by atoms with Gasteiger partial charge in [-0.3, -0.25) is 9.36 Å². The van der Waals surface area contributed by atoms with Crippen LogP contribution < -0.4 is 4.89 Å². The molecule has 8 nitrogen and oxygen atoms in total. The molecule has 0 spiro atoms. The Balaban J connectivity index is 4.06. The van der Waals surface area contributed by atoms with E-state index in [1.165, 1.54) is 0 Å². The second kappa shape index (κ2) is 12.8.